The van der Waals surface area contributed by atoms with Gasteiger partial charge in [0.1, 0.15) is 23.2 Å². The van der Waals surface area contributed by atoms with Gasteiger partial charge in [0, 0.05) is 6.42 Å². The Bertz CT molecular complexity index is 709. The van der Waals surface area contributed by atoms with E-state index in [0.717, 1.165) is 5.56 Å². The van der Waals surface area contributed by atoms with Crippen LogP contribution in [0.25, 0.3) is 0 Å². The van der Waals surface area contributed by atoms with Gasteiger partial charge in [-0.3, -0.25) is 9.89 Å². The second-order valence-electron chi connectivity index (χ2n) is 5.58. The molecule has 1 heterocycles. The molecule has 2 aromatic rings. The molecular weight excluding hydrogens is 312 g/mol. The first-order valence-corrected chi connectivity index (χ1v) is 7.45. The Morgan fingerprint density at radius 2 is 2.00 bits per heavy atom. The van der Waals surface area contributed by atoms with Gasteiger partial charge >= 0.3 is 5.97 Å². The first-order valence-electron chi connectivity index (χ1n) is 7.45. The van der Waals surface area contributed by atoms with Gasteiger partial charge in [0.15, 0.2) is 0 Å². The fraction of sp³-hybridized carbons (Fsp3) is 0.312. The third kappa shape index (κ3) is 4.48. The fourth-order valence-corrected chi connectivity index (χ4v) is 2.09. The number of aromatic hydroxyl groups is 1. The molecule has 0 bridgehead atoms. The normalized spacial score (nSPS) is 12.0. The topological polar surface area (TPSA) is 130 Å². The standard InChI is InChI=1S/C16H20N4O4/c1-9(2)24-16(23)13(7-10-3-5-11(21)6-4-10)19-15(22)12-8-18-20-14(12)17/h3-6,8-9,13,21H,7H2,1-2H3,(H,19,22)(H3,17,18,20)/t13-/m0/s1. The monoisotopic (exact) mass is 332 g/mol. The number of phenolic OH excluding ortho intramolecular Hbond substituents is 1. The van der Waals surface area contributed by atoms with Crippen molar-refractivity contribution < 1.29 is 19.4 Å². The van der Waals surface area contributed by atoms with Crippen molar-refractivity contribution in [2.24, 2.45) is 0 Å². The van der Waals surface area contributed by atoms with Gasteiger partial charge in [-0.05, 0) is 31.5 Å². The van der Waals surface area contributed by atoms with Gasteiger partial charge in [-0.25, -0.2) is 4.79 Å². The minimum absolute atomic E-state index is 0.119. The fourth-order valence-electron chi connectivity index (χ4n) is 2.09. The predicted molar refractivity (Wildman–Crippen MR) is 87.3 cm³/mol. The number of esters is 1. The van der Waals surface area contributed by atoms with Crippen LogP contribution in [-0.4, -0.2) is 39.3 Å². The molecular formula is C16H20N4O4. The molecule has 128 valence electrons. The van der Waals surface area contributed by atoms with Crippen LogP contribution in [0.1, 0.15) is 29.8 Å². The quantitative estimate of drug-likeness (QED) is 0.584. The van der Waals surface area contributed by atoms with Gasteiger partial charge in [0.05, 0.1) is 12.3 Å². The molecule has 24 heavy (non-hydrogen) atoms. The molecule has 1 amide bonds. The third-order valence-electron chi connectivity index (χ3n) is 3.23. The SMILES string of the molecule is CC(C)OC(=O)[C@H](Cc1ccc(O)cc1)NC(=O)c1cn[nH]c1N. The van der Waals surface area contributed by atoms with Crippen molar-refractivity contribution >= 4 is 17.7 Å². The highest BCUT2D eigenvalue weighted by Gasteiger charge is 2.25. The number of nitrogens with two attached hydrogens (primary N) is 1. The zero-order chi connectivity index (χ0) is 17.7. The Morgan fingerprint density at radius 3 is 2.54 bits per heavy atom. The summed E-state index contributed by atoms with van der Waals surface area (Å²) in [6, 6.07) is 5.47. The summed E-state index contributed by atoms with van der Waals surface area (Å²) in [5.74, 6) is -0.831. The van der Waals surface area contributed by atoms with E-state index in [4.69, 9.17) is 10.5 Å². The van der Waals surface area contributed by atoms with E-state index < -0.39 is 17.9 Å². The Balaban J connectivity index is 2.16. The number of nitrogens with zero attached hydrogens (tertiary/aromatic N) is 1. The highest BCUT2D eigenvalue weighted by Crippen LogP contribution is 2.13. The number of rotatable bonds is 6. The molecule has 5 N–H and O–H groups in total. The molecule has 0 radical (unpaired) electrons. The number of hydrogen-bond donors (Lipinski definition) is 4. The lowest BCUT2D eigenvalue weighted by molar-refractivity contribution is -0.149. The lowest BCUT2D eigenvalue weighted by atomic mass is 10.1. The molecule has 0 fully saturated rings. The van der Waals surface area contributed by atoms with Crippen molar-refractivity contribution in [2.75, 3.05) is 5.73 Å². The average molecular weight is 332 g/mol. The number of carbonyl (C=O) groups is 2. The molecule has 1 atom stereocenters. The van der Waals surface area contributed by atoms with Crippen molar-refractivity contribution in [3.63, 3.8) is 0 Å². The Kier molecular flexibility index (Phi) is 5.41. The van der Waals surface area contributed by atoms with Gasteiger partial charge in [0.25, 0.3) is 5.91 Å². The molecule has 2 rings (SSSR count). The summed E-state index contributed by atoms with van der Waals surface area (Å²) < 4.78 is 5.20. The van der Waals surface area contributed by atoms with E-state index in [2.05, 4.69) is 15.5 Å². The molecule has 0 aliphatic carbocycles. The third-order valence-corrected chi connectivity index (χ3v) is 3.23. The van der Waals surface area contributed by atoms with E-state index in [1.54, 1.807) is 26.0 Å². The van der Waals surface area contributed by atoms with E-state index in [1.165, 1.54) is 18.3 Å². The smallest absolute Gasteiger partial charge is 0.329 e. The molecule has 0 unspecified atom stereocenters. The molecule has 1 aromatic carbocycles. The van der Waals surface area contributed by atoms with Crippen molar-refractivity contribution in [1.82, 2.24) is 15.5 Å². The summed E-state index contributed by atoms with van der Waals surface area (Å²) in [7, 11) is 0. The summed E-state index contributed by atoms with van der Waals surface area (Å²) >= 11 is 0. The molecule has 0 spiro atoms. The van der Waals surface area contributed by atoms with Crippen LogP contribution in [0.3, 0.4) is 0 Å². The minimum atomic E-state index is -0.890. The van der Waals surface area contributed by atoms with Gasteiger partial charge in [0.2, 0.25) is 0 Å². The Hall–Kier alpha value is -3.03. The number of ether oxygens (including phenoxy) is 1. The van der Waals surface area contributed by atoms with Crippen LogP contribution in [0, 0.1) is 0 Å². The molecule has 0 aliphatic heterocycles. The number of nitrogen functional groups attached to an aromatic ring is 1. The number of aromatic nitrogens is 2. The number of aromatic amines is 1. The maximum absolute atomic E-state index is 12.3. The van der Waals surface area contributed by atoms with E-state index >= 15 is 0 Å². The number of hydrogen-bond acceptors (Lipinski definition) is 6. The second kappa shape index (κ2) is 7.49. The zero-order valence-electron chi connectivity index (χ0n) is 13.4. The van der Waals surface area contributed by atoms with E-state index in [-0.39, 0.29) is 29.7 Å². The van der Waals surface area contributed by atoms with Gasteiger partial charge in [-0.1, -0.05) is 12.1 Å². The number of H-pyrrole nitrogens is 1. The first kappa shape index (κ1) is 17.3. The number of phenols is 1. The number of anilines is 1. The molecule has 0 aliphatic rings. The van der Waals surface area contributed by atoms with Crippen LogP contribution in [0.5, 0.6) is 5.75 Å². The Labute approximate surface area is 139 Å². The lowest BCUT2D eigenvalue weighted by Gasteiger charge is -2.19. The predicted octanol–water partition coefficient (Wildman–Crippen LogP) is 0.990. The van der Waals surface area contributed by atoms with E-state index in [9.17, 15) is 14.7 Å². The van der Waals surface area contributed by atoms with Crippen LogP contribution >= 0.6 is 0 Å². The molecule has 8 heteroatoms. The largest absolute Gasteiger partial charge is 0.508 e. The van der Waals surface area contributed by atoms with Gasteiger partial charge in [-0.15, -0.1) is 0 Å². The number of benzene rings is 1. The molecule has 0 saturated carbocycles. The summed E-state index contributed by atoms with van der Waals surface area (Å²) in [5.41, 5.74) is 6.54. The van der Waals surface area contributed by atoms with Crippen molar-refractivity contribution in [3.05, 3.63) is 41.6 Å². The van der Waals surface area contributed by atoms with Crippen molar-refractivity contribution in [2.45, 2.75) is 32.4 Å². The lowest BCUT2D eigenvalue weighted by Crippen LogP contribution is -2.44. The zero-order valence-corrected chi connectivity index (χ0v) is 13.4. The van der Waals surface area contributed by atoms with Crippen LogP contribution < -0.4 is 11.1 Å². The summed E-state index contributed by atoms with van der Waals surface area (Å²) in [4.78, 5) is 24.5. The summed E-state index contributed by atoms with van der Waals surface area (Å²) in [6.07, 6.45) is 1.20. The molecule has 1 aromatic heterocycles. The average Bonchev–Trinajstić information content (AvgIpc) is 2.94. The summed E-state index contributed by atoms with van der Waals surface area (Å²) in [5, 5.41) is 18.1. The number of nitrogens with one attached hydrogen (secondary N) is 2. The van der Waals surface area contributed by atoms with Crippen LogP contribution in [0.15, 0.2) is 30.5 Å². The van der Waals surface area contributed by atoms with Crippen LogP contribution in [0.2, 0.25) is 0 Å². The van der Waals surface area contributed by atoms with Gasteiger partial charge < -0.3 is 20.9 Å². The van der Waals surface area contributed by atoms with E-state index in [1.807, 2.05) is 0 Å². The van der Waals surface area contributed by atoms with E-state index in [0.29, 0.717) is 0 Å². The maximum Gasteiger partial charge on any atom is 0.329 e. The summed E-state index contributed by atoms with van der Waals surface area (Å²) in [6.45, 7) is 3.46. The maximum atomic E-state index is 12.3. The highest BCUT2D eigenvalue weighted by molar-refractivity contribution is 6.00. The first-order chi connectivity index (χ1) is 11.4. The second-order valence-corrected chi connectivity index (χ2v) is 5.58. The van der Waals surface area contributed by atoms with Crippen LogP contribution in [-0.2, 0) is 16.0 Å². The Morgan fingerprint density at radius 1 is 1.33 bits per heavy atom. The van der Waals surface area contributed by atoms with Gasteiger partial charge in [-0.2, -0.15) is 5.10 Å². The van der Waals surface area contributed by atoms with Crippen molar-refractivity contribution in [3.8, 4) is 5.75 Å². The minimum Gasteiger partial charge on any atom is -0.508 e. The highest BCUT2D eigenvalue weighted by atomic mass is 16.5. The molecule has 8 nitrogen and oxygen atoms in total. The number of amides is 1. The number of carbonyl (C=O) groups excluding carboxylic acids is 2. The van der Waals surface area contributed by atoms with Crippen molar-refractivity contribution in [1.29, 1.82) is 0 Å². The van der Waals surface area contributed by atoms with Crippen LogP contribution in [0.4, 0.5) is 5.82 Å². The molecule has 0 saturated heterocycles.